The first-order valence-electron chi connectivity index (χ1n) is 5.56. The highest BCUT2D eigenvalue weighted by Crippen LogP contribution is 2.32. The van der Waals surface area contributed by atoms with E-state index in [0.717, 1.165) is 26.6 Å². The van der Waals surface area contributed by atoms with Crippen LogP contribution < -0.4 is 0 Å². The summed E-state index contributed by atoms with van der Waals surface area (Å²) in [4.78, 5) is 4.33. The van der Waals surface area contributed by atoms with E-state index in [4.69, 9.17) is 0 Å². The molecule has 0 fully saturated rings. The molecule has 0 aliphatic carbocycles. The Morgan fingerprint density at radius 3 is 2.55 bits per heavy atom. The summed E-state index contributed by atoms with van der Waals surface area (Å²) in [6, 6.07) is 4.87. The van der Waals surface area contributed by atoms with E-state index in [1.165, 1.54) is 12.1 Å². The van der Waals surface area contributed by atoms with E-state index in [1.807, 2.05) is 6.20 Å². The molecule has 0 bridgehead atoms. The van der Waals surface area contributed by atoms with E-state index in [-0.39, 0.29) is 0 Å². The molecule has 3 nitrogen and oxygen atoms in total. The first kappa shape index (κ1) is 13.9. The Hall–Kier alpha value is -1.03. The van der Waals surface area contributed by atoms with E-state index >= 15 is 0 Å². The van der Waals surface area contributed by atoms with Gasteiger partial charge in [0.05, 0.1) is 5.56 Å². The highest BCUT2D eigenvalue weighted by atomic mass is 127. The Kier molecular flexibility index (Phi) is 3.53. The number of hydrogen-bond acceptors (Lipinski definition) is 3. The number of fused-ring (bicyclic) bond motifs is 1. The van der Waals surface area contributed by atoms with Crippen LogP contribution in [0.2, 0.25) is 0 Å². The van der Waals surface area contributed by atoms with Crippen LogP contribution in [0.15, 0.2) is 33.0 Å². The monoisotopic (exact) mass is 409 g/mol. The summed E-state index contributed by atoms with van der Waals surface area (Å²) in [5, 5.41) is 5.04. The van der Waals surface area contributed by atoms with Gasteiger partial charge in [-0.3, -0.25) is 0 Å². The van der Waals surface area contributed by atoms with Gasteiger partial charge in [-0.2, -0.15) is 13.2 Å². The van der Waals surface area contributed by atoms with E-state index in [9.17, 15) is 13.2 Å². The molecule has 8 heteroatoms. The molecule has 0 saturated heterocycles. The second-order valence-electron chi connectivity index (χ2n) is 4.10. The fourth-order valence-corrected chi connectivity index (χ4v) is 3.17. The van der Waals surface area contributed by atoms with Crippen LogP contribution in [-0.2, 0) is 6.18 Å². The molecule has 0 unspecified atom stereocenters. The van der Waals surface area contributed by atoms with Crippen molar-refractivity contribution in [2.24, 2.45) is 0 Å². The van der Waals surface area contributed by atoms with Crippen molar-refractivity contribution in [2.45, 2.75) is 11.3 Å². The molecule has 0 N–H and O–H groups in total. The molecule has 104 valence electrons. The number of thioether (sulfide) groups is 1. The molecule has 2 heterocycles. The van der Waals surface area contributed by atoms with Crippen LogP contribution in [0.4, 0.5) is 13.2 Å². The van der Waals surface area contributed by atoms with Gasteiger partial charge in [-0.05, 0) is 34.7 Å². The Balaban J connectivity index is 1.94. The first-order chi connectivity index (χ1) is 9.43. The van der Waals surface area contributed by atoms with Crippen molar-refractivity contribution in [3.8, 4) is 11.4 Å². The van der Waals surface area contributed by atoms with E-state index in [0.29, 0.717) is 11.4 Å². The van der Waals surface area contributed by atoms with Gasteiger partial charge in [0.2, 0.25) is 0 Å². The maximum atomic E-state index is 12.5. The Labute approximate surface area is 130 Å². The van der Waals surface area contributed by atoms with Gasteiger partial charge in [0.25, 0.3) is 0 Å². The maximum Gasteiger partial charge on any atom is 0.416 e. The Morgan fingerprint density at radius 2 is 1.90 bits per heavy atom. The van der Waals surface area contributed by atoms with Crippen molar-refractivity contribution in [2.75, 3.05) is 5.75 Å². The number of benzene rings is 1. The van der Waals surface area contributed by atoms with Crippen LogP contribution in [-0.4, -0.2) is 20.5 Å². The summed E-state index contributed by atoms with van der Waals surface area (Å²) in [7, 11) is 0. The number of hydrogen-bond donors (Lipinski definition) is 0. The number of aromatic nitrogens is 3. The van der Waals surface area contributed by atoms with Crippen LogP contribution in [0.3, 0.4) is 0 Å². The highest BCUT2D eigenvalue weighted by molar-refractivity contribution is 14.1. The third kappa shape index (κ3) is 2.71. The minimum atomic E-state index is -4.33. The second-order valence-corrected chi connectivity index (χ2v) is 6.43. The van der Waals surface area contributed by atoms with Crippen LogP contribution in [0.5, 0.6) is 0 Å². The van der Waals surface area contributed by atoms with Gasteiger partial charge in [-0.1, -0.05) is 23.9 Å². The minimum absolute atomic E-state index is 0.434. The number of rotatable bonds is 1. The molecule has 2 aromatic rings. The summed E-state index contributed by atoms with van der Waals surface area (Å²) >= 11 is 3.77. The molecular formula is C12H7F3IN3S. The van der Waals surface area contributed by atoms with E-state index < -0.39 is 11.7 Å². The van der Waals surface area contributed by atoms with Crippen molar-refractivity contribution in [3.63, 3.8) is 0 Å². The molecule has 0 spiro atoms. The lowest BCUT2D eigenvalue weighted by atomic mass is 10.1. The number of alkyl halides is 3. The predicted octanol–water partition coefficient (Wildman–Crippen LogP) is 4.30. The summed E-state index contributed by atoms with van der Waals surface area (Å²) in [5.74, 6) is 1.27. The summed E-state index contributed by atoms with van der Waals surface area (Å²) in [5.41, 5.74) is -0.0991. The van der Waals surface area contributed by atoms with Gasteiger partial charge < -0.3 is 0 Å². The fourth-order valence-electron chi connectivity index (χ4n) is 1.73. The quantitative estimate of drug-likeness (QED) is 0.659. The zero-order chi connectivity index (χ0) is 14.3. The van der Waals surface area contributed by atoms with Gasteiger partial charge in [-0.25, -0.2) is 9.67 Å². The molecule has 0 amide bonds. The average Bonchev–Trinajstić information content (AvgIpc) is 2.80. The third-order valence-electron chi connectivity index (χ3n) is 2.67. The van der Waals surface area contributed by atoms with Crippen molar-refractivity contribution in [1.29, 1.82) is 0 Å². The zero-order valence-corrected chi connectivity index (χ0v) is 12.8. The molecule has 0 saturated carbocycles. The zero-order valence-electron chi connectivity index (χ0n) is 9.86. The lowest BCUT2D eigenvalue weighted by molar-refractivity contribution is -0.137. The standard InChI is InChI=1S/C12H7F3IN3S/c13-12(14,15)8-3-1-7(2-4-8)10-17-11-19(18-10)5-9(16)6-20-11/h1-5H,6H2. The average molecular weight is 409 g/mol. The van der Waals surface area contributed by atoms with Crippen LogP contribution in [0.25, 0.3) is 17.6 Å². The molecule has 3 rings (SSSR count). The number of nitrogens with zero attached hydrogens (tertiary/aromatic N) is 3. The number of halogens is 4. The Bertz CT molecular complexity index is 676. The lowest BCUT2D eigenvalue weighted by Gasteiger charge is -2.06. The summed E-state index contributed by atoms with van der Waals surface area (Å²) < 4.78 is 40.3. The first-order valence-corrected chi connectivity index (χ1v) is 7.63. The molecule has 0 atom stereocenters. The minimum Gasteiger partial charge on any atom is -0.214 e. The third-order valence-corrected chi connectivity index (χ3v) is 4.84. The predicted molar refractivity (Wildman–Crippen MR) is 79.5 cm³/mol. The van der Waals surface area contributed by atoms with E-state index in [1.54, 1.807) is 16.4 Å². The van der Waals surface area contributed by atoms with Gasteiger partial charge in [0.15, 0.2) is 11.0 Å². The molecule has 1 aromatic carbocycles. The summed E-state index contributed by atoms with van der Waals surface area (Å²) in [6.07, 6.45) is -2.46. The van der Waals surface area contributed by atoms with Crippen LogP contribution in [0.1, 0.15) is 5.56 Å². The molecule has 1 aliphatic heterocycles. The van der Waals surface area contributed by atoms with Crippen LogP contribution >= 0.6 is 34.4 Å². The van der Waals surface area contributed by atoms with Crippen molar-refractivity contribution >= 4 is 40.6 Å². The van der Waals surface area contributed by atoms with Gasteiger partial charge in [-0.15, -0.1) is 5.10 Å². The summed E-state index contributed by atoms with van der Waals surface area (Å²) in [6.45, 7) is 0. The smallest absolute Gasteiger partial charge is 0.214 e. The van der Waals surface area contributed by atoms with E-state index in [2.05, 4.69) is 32.7 Å². The van der Waals surface area contributed by atoms with Crippen LogP contribution in [0, 0.1) is 0 Å². The fraction of sp³-hybridized carbons (Fsp3) is 0.167. The Morgan fingerprint density at radius 1 is 1.20 bits per heavy atom. The van der Waals surface area contributed by atoms with Crippen molar-refractivity contribution in [1.82, 2.24) is 14.8 Å². The van der Waals surface area contributed by atoms with Gasteiger partial charge >= 0.3 is 6.18 Å². The maximum absolute atomic E-state index is 12.5. The van der Waals surface area contributed by atoms with Crippen molar-refractivity contribution < 1.29 is 13.2 Å². The molecule has 20 heavy (non-hydrogen) atoms. The van der Waals surface area contributed by atoms with Gasteiger partial charge in [0, 0.05) is 21.1 Å². The van der Waals surface area contributed by atoms with Gasteiger partial charge in [0.1, 0.15) is 0 Å². The topological polar surface area (TPSA) is 30.7 Å². The molecule has 1 aliphatic rings. The SMILES string of the molecule is FC(F)(F)c1ccc(-c2nc3n(n2)C=C(I)CS3)cc1. The van der Waals surface area contributed by atoms with Crippen molar-refractivity contribution in [3.05, 3.63) is 33.4 Å². The molecule has 0 radical (unpaired) electrons. The largest absolute Gasteiger partial charge is 0.416 e. The second kappa shape index (κ2) is 5.06. The lowest BCUT2D eigenvalue weighted by Crippen LogP contribution is -2.04. The normalized spacial score (nSPS) is 14.9. The highest BCUT2D eigenvalue weighted by Gasteiger charge is 2.30. The molecular weight excluding hydrogens is 402 g/mol. The molecule has 1 aromatic heterocycles.